The van der Waals surface area contributed by atoms with E-state index < -0.39 is 6.36 Å². The molecule has 5 nitrogen and oxygen atoms in total. The average Bonchev–Trinajstić information content (AvgIpc) is 2.97. The van der Waals surface area contributed by atoms with E-state index in [9.17, 15) is 13.2 Å². The van der Waals surface area contributed by atoms with Gasteiger partial charge in [0, 0.05) is 18.0 Å². The van der Waals surface area contributed by atoms with Crippen molar-refractivity contribution in [3.05, 3.63) is 48.8 Å². The van der Waals surface area contributed by atoms with E-state index in [1.165, 1.54) is 24.3 Å². The summed E-state index contributed by atoms with van der Waals surface area (Å²) >= 11 is 0. The molecule has 0 aliphatic rings. The van der Waals surface area contributed by atoms with Crippen molar-refractivity contribution >= 4 is 0 Å². The van der Waals surface area contributed by atoms with Crippen molar-refractivity contribution in [1.29, 1.82) is 0 Å². The molecular formula is C14H8F3N3O2. The zero-order valence-corrected chi connectivity index (χ0v) is 10.9. The van der Waals surface area contributed by atoms with Crippen LogP contribution in [0.2, 0.25) is 0 Å². The monoisotopic (exact) mass is 307 g/mol. The molecule has 0 aliphatic heterocycles. The summed E-state index contributed by atoms with van der Waals surface area (Å²) in [6, 6.07) is 8.64. The molecule has 0 fully saturated rings. The molecule has 0 N–H and O–H groups in total. The Kier molecular flexibility index (Phi) is 3.50. The van der Waals surface area contributed by atoms with Gasteiger partial charge in [0.15, 0.2) is 0 Å². The standard InChI is InChI=1S/C14H8F3N3O2/c15-14(16,17)22-11-5-3-9(4-6-11)12-19-20-13(21-12)10-2-1-7-18-8-10/h1-8H. The maximum Gasteiger partial charge on any atom is 0.573 e. The summed E-state index contributed by atoms with van der Waals surface area (Å²) in [6.07, 6.45) is -1.54. The lowest BCUT2D eigenvalue weighted by atomic mass is 10.2. The first-order valence-electron chi connectivity index (χ1n) is 6.11. The molecule has 1 aromatic carbocycles. The van der Waals surface area contributed by atoms with Gasteiger partial charge in [-0.1, -0.05) is 0 Å². The number of alkyl halides is 3. The molecule has 0 saturated carbocycles. The van der Waals surface area contributed by atoms with E-state index in [0.29, 0.717) is 11.1 Å². The van der Waals surface area contributed by atoms with Crippen molar-refractivity contribution in [2.75, 3.05) is 0 Å². The molecule has 3 aromatic rings. The molecule has 0 bridgehead atoms. The maximum absolute atomic E-state index is 12.1. The molecule has 2 heterocycles. The van der Waals surface area contributed by atoms with Crippen LogP contribution in [0.5, 0.6) is 5.75 Å². The minimum atomic E-state index is -4.72. The zero-order valence-electron chi connectivity index (χ0n) is 10.9. The number of hydrogen-bond acceptors (Lipinski definition) is 5. The van der Waals surface area contributed by atoms with Crippen LogP contribution in [0, 0.1) is 0 Å². The fourth-order valence-electron chi connectivity index (χ4n) is 1.74. The molecular weight excluding hydrogens is 299 g/mol. The third-order valence-electron chi connectivity index (χ3n) is 2.67. The van der Waals surface area contributed by atoms with Gasteiger partial charge in [-0.3, -0.25) is 4.98 Å². The molecule has 0 unspecified atom stereocenters. The van der Waals surface area contributed by atoms with Gasteiger partial charge in [0.25, 0.3) is 0 Å². The minimum Gasteiger partial charge on any atom is -0.416 e. The predicted octanol–water partition coefficient (Wildman–Crippen LogP) is 3.70. The lowest BCUT2D eigenvalue weighted by Gasteiger charge is -2.08. The van der Waals surface area contributed by atoms with Crippen molar-refractivity contribution in [3.8, 4) is 28.7 Å². The third-order valence-corrected chi connectivity index (χ3v) is 2.67. The molecule has 0 radical (unpaired) electrons. The van der Waals surface area contributed by atoms with Gasteiger partial charge in [-0.25, -0.2) is 0 Å². The largest absolute Gasteiger partial charge is 0.573 e. The first-order valence-corrected chi connectivity index (χ1v) is 6.11. The molecule has 3 rings (SSSR count). The highest BCUT2D eigenvalue weighted by Crippen LogP contribution is 2.27. The van der Waals surface area contributed by atoms with E-state index in [0.717, 1.165) is 0 Å². The Morgan fingerprint density at radius 2 is 1.59 bits per heavy atom. The number of benzene rings is 1. The number of rotatable bonds is 3. The Hall–Kier alpha value is -2.90. The lowest BCUT2D eigenvalue weighted by Crippen LogP contribution is -2.16. The van der Waals surface area contributed by atoms with Crippen LogP contribution in [-0.4, -0.2) is 21.5 Å². The molecule has 22 heavy (non-hydrogen) atoms. The van der Waals surface area contributed by atoms with Crippen molar-refractivity contribution in [2.24, 2.45) is 0 Å². The smallest absolute Gasteiger partial charge is 0.416 e. The minimum absolute atomic E-state index is 0.192. The van der Waals surface area contributed by atoms with Gasteiger partial charge in [-0.15, -0.1) is 23.4 Å². The number of aromatic nitrogens is 3. The van der Waals surface area contributed by atoms with Crippen molar-refractivity contribution in [3.63, 3.8) is 0 Å². The molecule has 0 spiro atoms. The third kappa shape index (κ3) is 3.22. The summed E-state index contributed by atoms with van der Waals surface area (Å²) in [5, 5.41) is 7.74. The molecule has 0 atom stereocenters. The Balaban J connectivity index is 1.82. The van der Waals surface area contributed by atoms with Crippen LogP contribution in [0.15, 0.2) is 53.2 Å². The molecule has 0 aliphatic carbocycles. The molecule has 0 amide bonds. The summed E-state index contributed by atoms with van der Waals surface area (Å²) in [7, 11) is 0. The Morgan fingerprint density at radius 3 is 2.18 bits per heavy atom. The van der Waals surface area contributed by atoms with Gasteiger partial charge in [-0.2, -0.15) is 0 Å². The summed E-state index contributed by atoms with van der Waals surface area (Å²) in [5.74, 6) is 0.152. The van der Waals surface area contributed by atoms with Crippen LogP contribution >= 0.6 is 0 Å². The molecule has 0 saturated heterocycles. The first kappa shape index (κ1) is 14.1. The highest BCUT2D eigenvalue weighted by atomic mass is 19.4. The van der Waals surface area contributed by atoms with Crippen molar-refractivity contribution < 1.29 is 22.3 Å². The zero-order chi connectivity index (χ0) is 15.6. The molecule has 8 heteroatoms. The second kappa shape index (κ2) is 5.47. The SMILES string of the molecule is FC(F)(F)Oc1ccc(-c2nnc(-c3cccnc3)o2)cc1. The number of halogens is 3. The first-order chi connectivity index (χ1) is 10.5. The fraction of sp³-hybridized carbons (Fsp3) is 0.0714. The number of ether oxygens (including phenoxy) is 1. The Morgan fingerprint density at radius 1 is 0.909 bits per heavy atom. The van der Waals surface area contributed by atoms with E-state index in [-0.39, 0.29) is 17.5 Å². The summed E-state index contributed by atoms with van der Waals surface area (Å²) in [6.45, 7) is 0. The van der Waals surface area contributed by atoms with E-state index in [1.807, 2.05) is 0 Å². The van der Waals surface area contributed by atoms with E-state index >= 15 is 0 Å². The van der Waals surface area contributed by atoms with Crippen LogP contribution in [0.3, 0.4) is 0 Å². The van der Waals surface area contributed by atoms with Gasteiger partial charge in [0.2, 0.25) is 11.8 Å². The molecule has 112 valence electrons. The van der Waals surface area contributed by atoms with Crippen LogP contribution in [0.25, 0.3) is 22.9 Å². The van der Waals surface area contributed by atoms with Crippen molar-refractivity contribution in [1.82, 2.24) is 15.2 Å². The van der Waals surface area contributed by atoms with Gasteiger partial charge >= 0.3 is 6.36 Å². The fourth-order valence-corrected chi connectivity index (χ4v) is 1.74. The van der Waals surface area contributed by atoms with Gasteiger partial charge < -0.3 is 9.15 Å². The van der Waals surface area contributed by atoms with E-state index in [2.05, 4.69) is 19.9 Å². The topological polar surface area (TPSA) is 61.0 Å². The van der Waals surface area contributed by atoms with Gasteiger partial charge in [-0.05, 0) is 36.4 Å². The van der Waals surface area contributed by atoms with Crippen LogP contribution in [0.1, 0.15) is 0 Å². The molecule has 2 aromatic heterocycles. The van der Waals surface area contributed by atoms with Gasteiger partial charge in [0.05, 0.1) is 5.56 Å². The van der Waals surface area contributed by atoms with Crippen molar-refractivity contribution in [2.45, 2.75) is 6.36 Å². The normalized spacial score (nSPS) is 11.4. The summed E-state index contributed by atoms with van der Waals surface area (Å²) in [5.41, 5.74) is 1.13. The summed E-state index contributed by atoms with van der Waals surface area (Å²) < 4.78 is 45.5. The average molecular weight is 307 g/mol. The van der Waals surface area contributed by atoms with Crippen LogP contribution in [-0.2, 0) is 0 Å². The van der Waals surface area contributed by atoms with E-state index in [1.54, 1.807) is 24.5 Å². The lowest BCUT2D eigenvalue weighted by molar-refractivity contribution is -0.274. The second-order valence-corrected chi connectivity index (χ2v) is 4.23. The number of nitrogens with zero attached hydrogens (tertiary/aromatic N) is 3. The highest BCUT2D eigenvalue weighted by molar-refractivity contribution is 5.57. The maximum atomic E-state index is 12.1. The predicted molar refractivity (Wildman–Crippen MR) is 69.6 cm³/mol. The summed E-state index contributed by atoms with van der Waals surface area (Å²) in [4.78, 5) is 3.94. The Labute approximate surface area is 122 Å². The van der Waals surface area contributed by atoms with Crippen LogP contribution < -0.4 is 4.74 Å². The highest BCUT2D eigenvalue weighted by Gasteiger charge is 2.31. The quantitative estimate of drug-likeness (QED) is 0.738. The number of hydrogen-bond donors (Lipinski definition) is 0. The number of pyridine rings is 1. The van der Waals surface area contributed by atoms with Gasteiger partial charge in [0.1, 0.15) is 5.75 Å². The van der Waals surface area contributed by atoms with E-state index in [4.69, 9.17) is 4.42 Å². The van der Waals surface area contributed by atoms with Crippen LogP contribution in [0.4, 0.5) is 13.2 Å². The second-order valence-electron chi connectivity index (χ2n) is 4.23. The Bertz CT molecular complexity index is 755.